The smallest absolute Gasteiger partial charge is 0.275 e. The summed E-state index contributed by atoms with van der Waals surface area (Å²) in [5.41, 5.74) is 3.96. The highest BCUT2D eigenvalue weighted by Gasteiger charge is 2.15. The number of methoxy groups -OCH3 is 1. The lowest BCUT2D eigenvalue weighted by atomic mass is 10.1. The van der Waals surface area contributed by atoms with E-state index < -0.39 is 0 Å². The Morgan fingerprint density at radius 1 is 1.22 bits per heavy atom. The molecule has 2 aromatic heterocycles. The van der Waals surface area contributed by atoms with E-state index in [1.807, 2.05) is 30.3 Å². The van der Waals surface area contributed by atoms with Gasteiger partial charge in [-0.25, -0.2) is 4.98 Å². The first-order valence-electron chi connectivity index (χ1n) is 8.57. The molecule has 0 spiro atoms. The Morgan fingerprint density at radius 2 is 2.07 bits per heavy atom. The largest absolute Gasteiger partial charge is 0.496 e. The van der Waals surface area contributed by atoms with Crippen LogP contribution in [0.4, 0.5) is 5.13 Å². The Morgan fingerprint density at radius 3 is 2.89 bits per heavy atom. The fraction of sp³-hybridized carbons (Fsp3) is 0.150. The molecule has 0 fully saturated rings. The Bertz CT molecular complexity index is 1120. The van der Waals surface area contributed by atoms with Crippen molar-refractivity contribution in [3.63, 3.8) is 0 Å². The fourth-order valence-corrected chi connectivity index (χ4v) is 3.76. The second kappa shape index (κ2) is 7.20. The van der Waals surface area contributed by atoms with E-state index in [-0.39, 0.29) is 5.91 Å². The average molecular weight is 378 g/mol. The minimum absolute atomic E-state index is 0.279. The number of para-hydroxylation sites is 1. The molecular weight excluding hydrogens is 360 g/mol. The van der Waals surface area contributed by atoms with Crippen LogP contribution < -0.4 is 10.1 Å². The molecule has 0 radical (unpaired) electrons. The number of carbonyl (C=O) groups excluding carboxylic acids is 1. The van der Waals surface area contributed by atoms with Crippen molar-refractivity contribution < 1.29 is 9.53 Å². The van der Waals surface area contributed by atoms with Crippen LogP contribution in [0.15, 0.2) is 48.5 Å². The topological polar surface area (TPSA) is 79.9 Å². The van der Waals surface area contributed by atoms with Crippen LogP contribution in [-0.2, 0) is 6.42 Å². The number of aromatic nitrogens is 3. The van der Waals surface area contributed by atoms with Crippen LogP contribution >= 0.6 is 11.3 Å². The van der Waals surface area contributed by atoms with E-state index in [1.54, 1.807) is 13.2 Å². The number of aryl methyl sites for hydroxylation is 1. The van der Waals surface area contributed by atoms with Gasteiger partial charge >= 0.3 is 0 Å². The van der Waals surface area contributed by atoms with Gasteiger partial charge in [-0.1, -0.05) is 36.5 Å². The van der Waals surface area contributed by atoms with Crippen LogP contribution in [-0.4, -0.2) is 28.2 Å². The number of carbonyl (C=O) groups is 1. The summed E-state index contributed by atoms with van der Waals surface area (Å²) < 4.78 is 6.41. The van der Waals surface area contributed by atoms with Gasteiger partial charge in [0.1, 0.15) is 11.4 Å². The molecule has 0 unspecified atom stereocenters. The molecule has 1 amide bonds. The number of rotatable bonds is 5. The van der Waals surface area contributed by atoms with Crippen LogP contribution in [0.1, 0.15) is 23.0 Å². The summed E-state index contributed by atoms with van der Waals surface area (Å²) in [7, 11) is 1.61. The monoisotopic (exact) mass is 378 g/mol. The van der Waals surface area contributed by atoms with Gasteiger partial charge < -0.3 is 4.74 Å². The summed E-state index contributed by atoms with van der Waals surface area (Å²) >= 11 is 1.46. The molecule has 4 aromatic rings. The van der Waals surface area contributed by atoms with Gasteiger partial charge in [-0.05, 0) is 42.3 Å². The third kappa shape index (κ3) is 3.41. The highest BCUT2D eigenvalue weighted by Crippen LogP contribution is 2.29. The second-order valence-corrected chi connectivity index (χ2v) is 7.03. The number of thiazole rings is 1. The van der Waals surface area contributed by atoms with E-state index in [0.717, 1.165) is 22.2 Å². The molecule has 0 bridgehead atoms. The molecule has 2 N–H and O–H groups in total. The number of nitrogens with one attached hydrogen (secondary N) is 2. The Kier molecular flexibility index (Phi) is 4.60. The summed E-state index contributed by atoms with van der Waals surface area (Å²) in [5, 5.41) is 10.4. The number of H-pyrrole nitrogens is 1. The molecule has 0 aliphatic heterocycles. The van der Waals surface area contributed by atoms with Gasteiger partial charge in [0.2, 0.25) is 0 Å². The number of anilines is 1. The summed E-state index contributed by atoms with van der Waals surface area (Å²) in [6.07, 6.45) is 0.968. The zero-order valence-electron chi connectivity index (χ0n) is 14.9. The summed E-state index contributed by atoms with van der Waals surface area (Å²) in [5.74, 6) is 0.423. The SMILES string of the molecule is CCc1ccc2nc(NC(=O)c3cc(-c4ccccc4OC)n[nH]3)sc2c1. The van der Waals surface area contributed by atoms with Crippen LogP contribution in [0.3, 0.4) is 0 Å². The van der Waals surface area contributed by atoms with Gasteiger partial charge in [-0.3, -0.25) is 15.2 Å². The quantitative estimate of drug-likeness (QED) is 0.535. The van der Waals surface area contributed by atoms with Crippen LogP contribution in [0.2, 0.25) is 0 Å². The Hall–Kier alpha value is -3.19. The first kappa shape index (κ1) is 17.2. The van der Waals surface area contributed by atoms with Gasteiger partial charge in [0, 0.05) is 5.56 Å². The number of ether oxygens (including phenoxy) is 1. The van der Waals surface area contributed by atoms with Gasteiger partial charge in [0.25, 0.3) is 5.91 Å². The zero-order valence-corrected chi connectivity index (χ0v) is 15.8. The molecule has 136 valence electrons. The number of hydrogen-bond acceptors (Lipinski definition) is 5. The minimum Gasteiger partial charge on any atom is -0.496 e. The molecule has 0 saturated carbocycles. The first-order chi connectivity index (χ1) is 13.2. The standard InChI is InChI=1S/C20H18N4O2S/c1-3-12-8-9-14-18(10-12)27-20(21-14)22-19(25)16-11-15(23-24-16)13-6-4-5-7-17(13)26-2/h4-11H,3H2,1-2H3,(H,23,24)(H,21,22,25). The molecule has 2 heterocycles. The van der Waals surface area contributed by atoms with E-state index in [4.69, 9.17) is 4.74 Å². The highest BCUT2D eigenvalue weighted by atomic mass is 32.1. The van der Waals surface area contributed by atoms with Crippen LogP contribution in [0.5, 0.6) is 5.75 Å². The molecule has 7 heteroatoms. The molecule has 0 atom stereocenters. The molecule has 0 saturated heterocycles. The van der Waals surface area contributed by atoms with E-state index in [2.05, 4.69) is 39.6 Å². The van der Waals surface area contributed by atoms with Crippen LogP contribution in [0.25, 0.3) is 21.5 Å². The lowest BCUT2D eigenvalue weighted by Gasteiger charge is -2.04. The van der Waals surface area contributed by atoms with Gasteiger partial charge in [-0.2, -0.15) is 5.10 Å². The van der Waals surface area contributed by atoms with E-state index in [9.17, 15) is 4.79 Å². The Balaban J connectivity index is 1.56. The second-order valence-electron chi connectivity index (χ2n) is 6.00. The van der Waals surface area contributed by atoms with Crippen molar-refractivity contribution in [2.75, 3.05) is 12.4 Å². The first-order valence-corrected chi connectivity index (χ1v) is 9.39. The molecular formula is C20H18N4O2S. The van der Waals surface area contributed by atoms with Gasteiger partial charge in [-0.15, -0.1) is 0 Å². The van der Waals surface area contributed by atoms with Crippen molar-refractivity contribution in [1.82, 2.24) is 15.2 Å². The maximum absolute atomic E-state index is 12.6. The van der Waals surface area contributed by atoms with E-state index in [1.165, 1.54) is 16.9 Å². The normalized spacial score (nSPS) is 10.9. The third-order valence-corrected chi connectivity index (χ3v) is 5.22. The van der Waals surface area contributed by atoms with Crippen molar-refractivity contribution in [2.45, 2.75) is 13.3 Å². The molecule has 6 nitrogen and oxygen atoms in total. The molecule has 0 aliphatic carbocycles. The number of fused-ring (bicyclic) bond motifs is 1. The van der Waals surface area contributed by atoms with Gasteiger partial charge in [0.05, 0.1) is 23.0 Å². The zero-order chi connectivity index (χ0) is 18.8. The van der Waals surface area contributed by atoms with Crippen molar-refractivity contribution in [2.24, 2.45) is 0 Å². The lowest BCUT2D eigenvalue weighted by Crippen LogP contribution is -2.11. The molecule has 27 heavy (non-hydrogen) atoms. The number of nitrogens with zero attached hydrogens (tertiary/aromatic N) is 2. The number of amides is 1. The van der Waals surface area contributed by atoms with Crippen molar-refractivity contribution >= 4 is 32.6 Å². The van der Waals surface area contributed by atoms with Crippen molar-refractivity contribution in [3.05, 3.63) is 59.8 Å². The van der Waals surface area contributed by atoms with Gasteiger partial charge in [0.15, 0.2) is 5.13 Å². The minimum atomic E-state index is -0.279. The summed E-state index contributed by atoms with van der Waals surface area (Å²) in [6.45, 7) is 2.11. The molecule has 2 aromatic carbocycles. The lowest BCUT2D eigenvalue weighted by molar-refractivity contribution is 0.102. The predicted octanol–water partition coefficient (Wildman–Crippen LogP) is 4.51. The summed E-state index contributed by atoms with van der Waals surface area (Å²) in [4.78, 5) is 17.0. The molecule has 4 rings (SSSR count). The van der Waals surface area contributed by atoms with Crippen LogP contribution in [0, 0.1) is 0 Å². The average Bonchev–Trinajstić information content (AvgIpc) is 3.34. The number of hydrogen-bond donors (Lipinski definition) is 2. The predicted molar refractivity (Wildman–Crippen MR) is 108 cm³/mol. The number of aromatic amines is 1. The number of benzene rings is 2. The Labute approximate surface area is 160 Å². The highest BCUT2D eigenvalue weighted by molar-refractivity contribution is 7.22. The van der Waals surface area contributed by atoms with Crippen molar-refractivity contribution in [3.8, 4) is 17.0 Å². The fourth-order valence-electron chi connectivity index (χ4n) is 2.84. The maximum Gasteiger partial charge on any atom is 0.275 e. The van der Waals surface area contributed by atoms with Crippen molar-refractivity contribution in [1.29, 1.82) is 0 Å². The third-order valence-electron chi connectivity index (χ3n) is 4.29. The van der Waals surface area contributed by atoms with E-state index >= 15 is 0 Å². The summed E-state index contributed by atoms with van der Waals surface area (Å²) in [6, 6.07) is 15.4. The van der Waals surface area contributed by atoms with E-state index in [0.29, 0.717) is 22.3 Å². The maximum atomic E-state index is 12.6. The molecule has 0 aliphatic rings.